The van der Waals surface area contributed by atoms with E-state index in [1.807, 2.05) is 0 Å². The highest BCUT2D eigenvalue weighted by atomic mass is 32.1. The Labute approximate surface area is 113 Å². The van der Waals surface area contributed by atoms with E-state index in [4.69, 9.17) is 15.3 Å². The molecule has 1 aromatic heterocycles. The van der Waals surface area contributed by atoms with Crippen LogP contribution in [0, 0.1) is 0 Å². The molecule has 0 saturated heterocycles. The number of rotatable bonds is 6. The molecule has 0 fully saturated rings. The van der Waals surface area contributed by atoms with Gasteiger partial charge in [-0.1, -0.05) is 0 Å². The highest BCUT2D eigenvalue weighted by Crippen LogP contribution is 2.16. The average molecular weight is 289 g/mol. The first-order valence-corrected chi connectivity index (χ1v) is 6.22. The number of aliphatic hydroxyl groups is 3. The highest BCUT2D eigenvalue weighted by molar-refractivity contribution is 7.14. The number of anilines is 1. The van der Waals surface area contributed by atoms with Crippen molar-refractivity contribution >= 4 is 28.3 Å². The molecule has 1 aromatic rings. The second-order valence-electron chi connectivity index (χ2n) is 3.93. The van der Waals surface area contributed by atoms with Gasteiger partial charge in [0.25, 0.3) is 5.91 Å². The number of thiazole rings is 1. The Balaban J connectivity index is 2.77. The molecule has 0 radical (unpaired) electrons. The van der Waals surface area contributed by atoms with Crippen LogP contribution in [0.4, 0.5) is 5.13 Å². The van der Waals surface area contributed by atoms with Crippen LogP contribution in [0.2, 0.25) is 0 Å². The van der Waals surface area contributed by atoms with E-state index in [1.54, 1.807) is 0 Å². The van der Waals surface area contributed by atoms with Crippen molar-refractivity contribution in [3.63, 3.8) is 0 Å². The van der Waals surface area contributed by atoms with Crippen molar-refractivity contribution in [2.24, 2.45) is 0 Å². The fraction of sp³-hybridized carbons (Fsp3) is 0.500. The molecule has 9 heteroatoms. The maximum atomic E-state index is 11.8. The zero-order chi connectivity index (χ0) is 14.5. The lowest BCUT2D eigenvalue weighted by molar-refractivity contribution is -0.114. The van der Waals surface area contributed by atoms with Gasteiger partial charge in [0.15, 0.2) is 5.13 Å². The lowest BCUT2D eigenvalue weighted by atomic mass is 10.0. The zero-order valence-corrected chi connectivity index (χ0v) is 11.0. The van der Waals surface area contributed by atoms with Gasteiger partial charge in [0.05, 0.1) is 19.8 Å². The van der Waals surface area contributed by atoms with Gasteiger partial charge >= 0.3 is 0 Å². The fourth-order valence-electron chi connectivity index (χ4n) is 1.16. The average Bonchev–Trinajstić information content (AvgIpc) is 2.83. The van der Waals surface area contributed by atoms with Gasteiger partial charge in [-0.2, -0.15) is 0 Å². The Hall–Kier alpha value is -1.55. The predicted molar refractivity (Wildman–Crippen MR) is 67.9 cm³/mol. The van der Waals surface area contributed by atoms with E-state index >= 15 is 0 Å². The smallest absolute Gasteiger partial charge is 0.271 e. The van der Waals surface area contributed by atoms with Gasteiger partial charge in [-0.25, -0.2) is 4.98 Å². The molecule has 0 unspecified atom stereocenters. The van der Waals surface area contributed by atoms with E-state index in [0.29, 0.717) is 0 Å². The minimum atomic E-state index is -1.51. The van der Waals surface area contributed by atoms with Gasteiger partial charge in [-0.3, -0.25) is 9.59 Å². The van der Waals surface area contributed by atoms with Gasteiger partial charge in [-0.15, -0.1) is 11.3 Å². The molecular formula is C10H15N3O5S. The number of aliphatic hydroxyl groups excluding tert-OH is 3. The predicted octanol–water partition coefficient (Wildman–Crippen LogP) is -1.45. The van der Waals surface area contributed by atoms with E-state index in [0.717, 1.165) is 11.3 Å². The molecule has 0 aliphatic carbocycles. The summed E-state index contributed by atoms with van der Waals surface area (Å²) in [6, 6.07) is 0. The molecule has 0 bridgehead atoms. The van der Waals surface area contributed by atoms with Crippen molar-refractivity contribution in [3.8, 4) is 0 Å². The summed E-state index contributed by atoms with van der Waals surface area (Å²) >= 11 is 1.06. The van der Waals surface area contributed by atoms with Crippen LogP contribution < -0.4 is 10.6 Å². The first-order chi connectivity index (χ1) is 8.96. The number of carbonyl (C=O) groups is 2. The summed E-state index contributed by atoms with van der Waals surface area (Å²) in [4.78, 5) is 26.5. The third-order valence-corrected chi connectivity index (χ3v) is 3.06. The van der Waals surface area contributed by atoms with E-state index in [1.165, 1.54) is 12.3 Å². The molecule has 0 spiro atoms. The van der Waals surface area contributed by atoms with E-state index in [2.05, 4.69) is 15.6 Å². The molecule has 0 atom stereocenters. The van der Waals surface area contributed by atoms with Gasteiger partial charge in [0, 0.05) is 12.3 Å². The summed E-state index contributed by atoms with van der Waals surface area (Å²) in [5.41, 5.74) is -1.48. The molecule has 0 aliphatic heterocycles. The van der Waals surface area contributed by atoms with Gasteiger partial charge < -0.3 is 26.0 Å². The molecule has 2 amide bonds. The third-order valence-electron chi connectivity index (χ3n) is 2.31. The number of hydrogen-bond donors (Lipinski definition) is 5. The van der Waals surface area contributed by atoms with Crippen LogP contribution >= 0.6 is 11.3 Å². The summed E-state index contributed by atoms with van der Waals surface area (Å²) < 4.78 is 0. The molecule has 0 aliphatic rings. The number of nitrogens with zero attached hydrogens (tertiary/aromatic N) is 1. The molecule has 1 heterocycles. The highest BCUT2D eigenvalue weighted by Gasteiger charge is 2.31. The van der Waals surface area contributed by atoms with Gasteiger partial charge in [0.2, 0.25) is 5.91 Å². The van der Waals surface area contributed by atoms with Crippen molar-refractivity contribution in [3.05, 3.63) is 11.1 Å². The number of nitrogens with one attached hydrogen (secondary N) is 2. The maximum absolute atomic E-state index is 11.8. The van der Waals surface area contributed by atoms with Crippen molar-refractivity contribution in [2.45, 2.75) is 12.5 Å². The molecule has 8 nitrogen and oxygen atoms in total. The van der Waals surface area contributed by atoms with E-state index in [-0.39, 0.29) is 16.7 Å². The number of amides is 2. The fourth-order valence-corrected chi connectivity index (χ4v) is 1.90. The molecule has 106 valence electrons. The Morgan fingerprint density at radius 3 is 2.37 bits per heavy atom. The van der Waals surface area contributed by atoms with Crippen LogP contribution in [-0.2, 0) is 4.79 Å². The first-order valence-electron chi connectivity index (χ1n) is 5.34. The lowest BCUT2D eigenvalue weighted by Crippen LogP contribution is -2.57. The van der Waals surface area contributed by atoms with Crippen LogP contribution in [0.25, 0.3) is 0 Å². The van der Waals surface area contributed by atoms with E-state index in [9.17, 15) is 9.59 Å². The summed E-state index contributed by atoms with van der Waals surface area (Å²) in [5, 5.41) is 33.7. The van der Waals surface area contributed by atoms with E-state index < -0.39 is 31.3 Å². The Bertz CT molecular complexity index is 450. The minimum absolute atomic E-state index is 0.0217. The molecular weight excluding hydrogens is 274 g/mol. The Morgan fingerprint density at radius 1 is 1.32 bits per heavy atom. The number of aromatic nitrogens is 1. The second-order valence-corrected chi connectivity index (χ2v) is 4.79. The topological polar surface area (TPSA) is 132 Å². The first kappa shape index (κ1) is 15.5. The summed E-state index contributed by atoms with van der Waals surface area (Å²) in [6.07, 6.45) is 0. The molecule has 0 saturated carbocycles. The summed E-state index contributed by atoms with van der Waals surface area (Å²) in [7, 11) is 0. The van der Waals surface area contributed by atoms with Crippen LogP contribution in [0.15, 0.2) is 5.38 Å². The Morgan fingerprint density at radius 2 is 1.89 bits per heavy atom. The zero-order valence-electron chi connectivity index (χ0n) is 10.2. The monoisotopic (exact) mass is 289 g/mol. The summed E-state index contributed by atoms with van der Waals surface area (Å²) in [6.45, 7) is -0.535. The third kappa shape index (κ3) is 3.96. The quantitative estimate of drug-likeness (QED) is 0.435. The van der Waals surface area contributed by atoms with Crippen LogP contribution in [0.1, 0.15) is 17.4 Å². The molecule has 19 heavy (non-hydrogen) atoms. The minimum Gasteiger partial charge on any atom is -0.394 e. The second kappa shape index (κ2) is 6.57. The number of carbonyl (C=O) groups excluding carboxylic acids is 2. The lowest BCUT2D eigenvalue weighted by Gasteiger charge is -2.28. The standard InChI is InChI=1S/C10H15N3O5S/c1-6(17)11-9-12-7(2-19-9)8(18)13-10(3-14,4-15)5-16/h2,14-16H,3-5H2,1H3,(H,13,18)(H,11,12,17). The maximum Gasteiger partial charge on any atom is 0.271 e. The molecule has 5 N–H and O–H groups in total. The molecule has 1 rings (SSSR count). The van der Waals surface area contributed by atoms with Gasteiger partial charge in [0.1, 0.15) is 11.2 Å². The van der Waals surface area contributed by atoms with Crippen molar-refractivity contribution in [2.75, 3.05) is 25.1 Å². The van der Waals surface area contributed by atoms with Crippen LogP contribution in [0.3, 0.4) is 0 Å². The summed E-state index contributed by atoms with van der Waals surface area (Å²) in [5.74, 6) is -0.971. The Kier molecular flexibility index (Phi) is 5.36. The van der Waals surface area contributed by atoms with Crippen molar-refractivity contribution in [1.82, 2.24) is 10.3 Å². The molecule has 0 aromatic carbocycles. The van der Waals surface area contributed by atoms with Crippen LogP contribution in [-0.4, -0.2) is 57.5 Å². The van der Waals surface area contributed by atoms with Crippen LogP contribution in [0.5, 0.6) is 0 Å². The van der Waals surface area contributed by atoms with Gasteiger partial charge in [-0.05, 0) is 0 Å². The normalized spacial score (nSPS) is 11.2. The van der Waals surface area contributed by atoms with Crippen molar-refractivity contribution < 1.29 is 24.9 Å². The van der Waals surface area contributed by atoms with Crippen molar-refractivity contribution in [1.29, 1.82) is 0 Å². The SMILES string of the molecule is CC(=O)Nc1nc(C(=O)NC(CO)(CO)CO)cs1. The largest absolute Gasteiger partial charge is 0.394 e. The number of hydrogen-bond acceptors (Lipinski definition) is 7.